The fourth-order valence-electron chi connectivity index (χ4n) is 2.69. The molecule has 0 aliphatic heterocycles. The van der Waals surface area contributed by atoms with Gasteiger partial charge in [0.2, 0.25) is 5.91 Å². The topological polar surface area (TPSA) is 132 Å². The van der Waals surface area contributed by atoms with Gasteiger partial charge < -0.3 is 21.5 Å². The van der Waals surface area contributed by atoms with E-state index in [0.717, 1.165) is 6.07 Å². The number of imide groups is 1. The van der Waals surface area contributed by atoms with Gasteiger partial charge in [-0.25, -0.2) is 18.6 Å². The van der Waals surface area contributed by atoms with Crippen LogP contribution in [0.5, 0.6) is 11.5 Å². The molecule has 1 heterocycles. The molecule has 0 saturated carbocycles. The Morgan fingerprint density at radius 3 is 2.45 bits per heavy atom. The average molecular weight is 427 g/mol. The number of hydrogen-bond acceptors (Lipinski definition) is 6. The van der Waals surface area contributed by atoms with Crippen LogP contribution < -0.4 is 26.8 Å². The standard InChI is InChI=1S/C21H19F2N5O3/c22-13-3-1-12(2-4-13)9-19(29)28-21(30)27-14-5-6-18(16(23)10-14)31-17-7-8-26-20(25)15(17)11-24/h1-8,10H,9,11,24H2,(H2,25,26)(H2,27,28,29,30). The number of nitrogens with one attached hydrogen (secondary N) is 2. The lowest BCUT2D eigenvalue weighted by Gasteiger charge is -2.13. The highest BCUT2D eigenvalue weighted by molar-refractivity contribution is 6.01. The molecule has 8 nitrogen and oxygen atoms in total. The molecule has 160 valence electrons. The number of carbonyl (C=O) groups is 2. The molecule has 6 N–H and O–H groups in total. The summed E-state index contributed by atoms with van der Waals surface area (Å²) < 4.78 is 32.9. The van der Waals surface area contributed by atoms with E-state index in [2.05, 4.69) is 15.6 Å². The van der Waals surface area contributed by atoms with E-state index >= 15 is 0 Å². The Morgan fingerprint density at radius 1 is 1.03 bits per heavy atom. The number of hydrogen-bond donors (Lipinski definition) is 4. The number of anilines is 2. The number of nitrogen functional groups attached to an aromatic ring is 1. The van der Waals surface area contributed by atoms with Crippen molar-refractivity contribution in [1.29, 1.82) is 0 Å². The number of halogens is 2. The minimum Gasteiger partial charge on any atom is -0.454 e. The van der Waals surface area contributed by atoms with Crippen molar-refractivity contribution in [3.8, 4) is 11.5 Å². The first-order valence-electron chi connectivity index (χ1n) is 9.12. The van der Waals surface area contributed by atoms with Crippen molar-refractivity contribution in [2.75, 3.05) is 11.1 Å². The first kappa shape index (κ1) is 21.7. The molecule has 2 aromatic carbocycles. The number of nitrogens with two attached hydrogens (primary N) is 2. The van der Waals surface area contributed by atoms with Crippen LogP contribution in [0, 0.1) is 11.6 Å². The summed E-state index contributed by atoms with van der Waals surface area (Å²) in [7, 11) is 0. The second-order valence-corrected chi connectivity index (χ2v) is 6.43. The van der Waals surface area contributed by atoms with Crippen LogP contribution in [0.3, 0.4) is 0 Å². The van der Waals surface area contributed by atoms with E-state index in [1.807, 2.05) is 0 Å². The Balaban J connectivity index is 1.61. The van der Waals surface area contributed by atoms with Gasteiger partial charge in [0.05, 0.1) is 12.0 Å². The number of rotatable bonds is 6. The van der Waals surface area contributed by atoms with E-state index in [9.17, 15) is 18.4 Å². The largest absolute Gasteiger partial charge is 0.454 e. The van der Waals surface area contributed by atoms with Gasteiger partial charge in [-0.15, -0.1) is 0 Å². The fraction of sp³-hybridized carbons (Fsp3) is 0.0952. The lowest BCUT2D eigenvalue weighted by molar-refractivity contribution is -0.119. The minimum atomic E-state index is -0.840. The van der Waals surface area contributed by atoms with Crippen LogP contribution in [0.2, 0.25) is 0 Å². The Kier molecular flexibility index (Phi) is 6.73. The number of amides is 3. The Hall–Kier alpha value is -4.05. The number of carbonyl (C=O) groups excluding carboxylic acids is 2. The molecule has 3 aromatic rings. The molecule has 0 bridgehead atoms. The molecule has 1 aromatic heterocycles. The molecule has 0 aliphatic carbocycles. The number of aromatic nitrogens is 1. The molecule has 0 radical (unpaired) electrons. The molecule has 0 saturated heterocycles. The quantitative estimate of drug-likeness (QED) is 0.478. The van der Waals surface area contributed by atoms with Gasteiger partial charge in [0.25, 0.3) is 0 Å². The molecule has 31 heavy (non-hydrogen) atoms. The molecule has 0 aliphatic rings. The van der Waals surface area contributed by atoms with E-state index in [4.69, 9.17) is 16.2 Å². The van der Waals surface area contributed by atoms with Gasteiger partial charge in [0, 0.05) is 24.5 Å². The first-order chi connectivity index (χ1) is 14.9. The number of nitrogens with zero attached hydrogens (tertiary/aromatic N) is 1. The third-order valence-electron chi connectivity index (χ3n) is 4.19. The van der Waals surface area contributed by atoms with Crippen LogP contribution >= 0.6 is 0 Å². The SMILES string of the molecule is NCc1c(Oc2ccc(NC(=O)NC(=O)Cc3ccc(F)cc3)cc2F)ccnc1N. The van der Waals surface area contributed by atoms with Crippen LogP contribution in [0.15, 0.2) is 54.7 Å². The summed E-state index contributed by atoms with van der Waals surface area (Å²) in [5, 5.41) is 4.47. The van der Waals surface area contributed by atoms with E-state index in [0.29, 0.717) is 11.1 Å². The van der Waals surface area contributed by atoms with Crippen molar-refractivity contribution >= 4 is 23.4 Å². The van der Waals surface area contributed by atoms with E-state index in [-0.39, 0.29) is 36.0 Å². The number of benzene rings is 2. The Morgan fingerprint density at radius 2 is 1.77 bits per heavy atom. The second kappa shape index (κ2) is 9.63. The van der Waals surface area contributed by atoms with Gasteiger partial charge in [0.15, 0.2) is 11.6 Å². The van der Waals surface area contributed by atoms with Gasteiger partial charge in [-0.2, -0.15) is 0 Å². The van der Waals surface area contributed by atoms with Crippen LogP contribution in [-0.4, -0.2) is 16.9 Å². The number of pyridine rings is 1. The summed E-state index contributed by atoms with van der Waals surface area (Å²) in [6, 6.07) is 9.71. The zero-order chi connectivity index (χ0) is 22.4. The summed E-state index contributed by atoms with van der Waals surface area (Å²) in [5.41, 5.74) is 12.4. The molecular formula is C21H19F2N5O3. The van der Waals surface area contributed by atoms with Gasteiger partial charge in [-0.1, -0.05) is 12.1 Å². The summed E-state index contributed by atoms with van der Waals surface area (Å²) in [6.07, 6.45) is 1.29. The van der Waals surface area contributed by atoms with Gasteiger partial charge in [-0.3, -0.25) is 10.1 Å². The van der Waals surface area contributed by atoms with Crippen molar-refractivity contribution in [1.82, 2.24) is 10.3 Å². The Bertz CT molecular complexity index is 1110. The van der Waals surface area contributed by atoms with Crippen LogP contribution in [0.4, 0.5) is 25.1 Å². The van der Waals surface area contributed by atoms with Gasteiger partial charge in [-0.05, 0) is 35.9 Å². The first-order valence-corrected chi connectivity index (χ1v) is 9.12. The monoisotopic (exact) mass is 427 g/mol. The zero-order valence-corrected chi connectivity index (χ0v) is 16.2. The predicted octanol–water partition coefficient (Wildman–Crippen LogP) is 3.08. The van der Waals surface area contributed by atoms with Crippen molar-refractivity contribution in [2.24, 2.45) is 5.73 Å². The van der Waals surface area contributed by atoms with Gasteiger partial charge >= 0.3 is 6.03 Å². The fourth-order valence-corrected chi connectivity index (χ4v) is 2.69. The maximum Gasteiger partial charge on any atom is 0.325 e. The maximum atomic E-state index is 14.4. The van der Waals surface area contributed by atoms with E-state index < -0.39 is 23.6 Å². The normalized spacial score (nSPS) is 10.4. The van der Waals surface area contributed by atoms with E-state index in [1.165, 1.54) is 48.7 Å². The number of urea groups is 1. The lowest BCUT2D eigenvalue weighted by atomic mass is 10.1. The smallest absolute Gasteiger partial charge is 0.325 e. The molecule has 3 rings (SSSR count). The molecule has 0 atom stereocenters. The lowest BCUT2D eigenvalue weighted by Crippen LogP contribution is -2.35. The Labute approximate surface area is 176 Å². The van der Waals surface area contributed by atoms with Crippen molar-refractivity contribution < 1.29 is 23.1 Å². The van der Waals surface area contributed by atoms with Crippen molar-refractivity contribution in [2.45, 2.75) is 13.0 Å². The molecule has 0 fully saturated rings. The van der Waals surface area contributed by atoms with Crippen LogP contribution in [0.1, 0.15) is 11.1 Å². The molecule has 10 heteroatoms. The van der Waals surface area contributed by atoms with Crippen molar-refractivity contribution in [3.05, 3.63) is 77.5 Å². The van der Waals surface area contributed by atoms with Gasteiger partial charge in [0.1, 0.15) is 17.4 Å². The molecule has 0 spiro atoms. The predicted molar refractivity (Wildman–Crippen MR) is 110 cm³/mol. The number of ether oxygens (including phenoxy) is 1. The summed E-state index contributed by atoms with van der Waals surface area (Å²) in [6.45, 7) is 0.0579. The third-order valence-corrected chi connectivity index (χ3v) is 4.19. The summed E-state index contributed by atoms with van der Waals surface area (Å²) >= 11 is 0. The molecule has 0 unspecified atom stereocenters. The third kappa shape index (κ3) is 5.73. The molecular weight excluding hydrogens is 408 g/mol. The average Bonchev–Trinajstić information content (AvgIpc) is 2.72. The van der Waals surface area contributed by atoms with E-state index in [1.54, 1.807) is 0 Å². The van der Waals surface area contributed by atoms with Crippen LogP contribution in [0.25, 0.3) is 0 Å². The second-order valence-electron chi connectivity index (χ2n) is 6.43. The highest BCUT2D eigenvalue weighted by atomic mass is 19.1. The zero-order valence-electron chi connectivity index (χ0n) is 16.2. The minimum absolute atomic E-state index is 0.0579. The molecule has 3 amide bonds. The highest BCUT2D eigenvalue weighted by Gasteiger charge is 2.13. The van der Waals surface area contributed by atoms with Crippen molar-refractivity contribution in [3.63, 3.8) is 0 Å². The maximum absolute atomic E-state index is 14.4. The van der Waals surface area contributed by atoms with Crippen LogP contribution in [-0.2, 0) is 17.8 Å². The highest BCUT2D eigenvalue weighted by Crippen LogP contribution is 2.30. The summed E-state index contributed by atoms with van der Waals surface area (Å²) in [4.78, 5) is 27.8. The summed E-state index contributed by atoms with van der Waals surface area (Å²) in [5.74, 6) is -1.45.